The van der Waals surface area contributed by atoms with Crippen LogP contribution in [-0.4, -0.2) is 55.1 Å². The maximum absolute atomic E-state index is 6.53. The summed E-state index contributed by atoms with van der Waals surface area (Å²) in [6.45, 7) is 16.8. The molecule has 0 radical (unpaired) electrons. The third kappa shape index (κ3) is 4.19. The molecule has 0 aromatic carbocycles. The molecule has 1 saturated heterocycles. The predicted octanol–water partition coefficient (Wildman–Crippen LogP) is 2.41. The highest BCUT2D eigenvalue weighted by Gasteiger charge is 2.37. The second kappa shape index (κ2) is 6.76. The number of piperazine rings is 1. The van der Waals surface area contributed by atoms with E-state index >= 15 is 0 Å². The average Bonchev–Trinajstić information content (AvgIpc) is 2.37. The van der Waals surface area contributed by atoms with Crippen LogP contribution in [0.25, 0.3) is 0 Å². The highest BCUT2D eigenvalue weighted by atomic mass is 15.3. The zero-order chi connectivity index (χ0) is 14.8. The van der Waals surface area contributed by atoms with Crippen LogP contribution in [0.5, 0.6) is 0 Å². The van der Waals surface area contributed by atoms with Crippen LogP contribution in [0.3, 0.4) is 0 Å². The Bertz CT molecular complexity index is 293. The Hall–Kier alpha value is -0.120. The summed E-state index contributed by atoms with van der Waals surface area (Å²) in [5, 5.41) is 0. The van der Waals surface area contributed by atoms with Gasteiger partial charge in [0.05, 0.1) is 0 Å². The summed E-state index contributed by atoms with van der Waals surface area (Å²) in [5.41, 5.74) is 6.87. The summed E-state index contributed by atoms with van der Waals surface area (Å²) in [5.74, 6) is 1.49. The van der Waals surface area contributed by atoms with Gasteiger partial charge in [0.2, 0.25) is 0 Å². The second-order valence-corrected chi connectivity index (χ2v) is 8.16. The van der Waals surface area contributed by atoms with Crippen molar-refractivity contribution in [2.24, 2.45) is 23.0 Å². The SMILES string of the molecule is CC(C)CN1CCN(CC2CCCC(C)(C)C2N)CC1. The molecule has 2 rings (SSSR count). The molecule has 118 valence electrons. The fourth-order valence-corrected chi connectivity index (χ4v) is 4.01. The standard InChI is InChI=1S/C17H35N3/c1-14(2)12-19-8-10-20(11-9-19)13-15-6-5-7-17(3,4)16(15)18/h14-16H,5-13,18H2,1-4H3. The van der Waals surface area contributed by atoms with Crippen molar-refractivity contribution < 1.29 is 0 Å². The molecule has 2 atom stereocenters. The predicted molar refractivity (Wildman–Crippen MR) is 86.8 cm³/mol. The molecule has 2 N–H and O–H groups in total. The summed E-state index contributed by atoms with van der Waals surface area (Å²) in [4.78, 5) is 5.27. The van der Waals surface area contributed by atoms with E-state index in [2.05, 4.69) is 37.5 Å². The largest absolute Gasteiger partial charge is 0.327 e. The van der Waals surface area contributed by atoms with E-state index in [1.165, 1.54) is 58.5 Å². The van der Waals surface area contributed by atoms with Crippen molar-refractivity contribution in [2.45, 2.75) is 53.0 Å². The van der Waals surface area contributed by atoms with Crippen molar-refractivity contribution in [2.75, 3.05) is 39.3 Å². The minimum Gasteiger partial charge on any atom is -0.327 e. The van der Waals surface area contributed by atoms with Crippen molar-refractivity contribution in [3.05, 3.63) is 0 Å². The number of nitrogens with two attached hydrogens (primary N) is 1. The van der Waals surface area contributed by atoms with Gasteiger partial charge in [0.1, 0.15) is 0 Å². The van der Waals surface area contributed by atoms with Crippen LogP contribution in [0, 0.1) is 17.3 Å². The molecule has 0 aromatic heterocycles. The summed E-state index contributed by atoms with van der Waals surface area (Å²) in [6.07, 6.45) is 3.99. The van der Waals surface area contributed by atoms with Gasteiger partial charge in [0.15, 0.2) is 0 Å². The van der Waals surface area contributed by atoms with E-state index in [1.54, 1.807) is 0 Å². The number of nitrogens with zero attached hydrogens (tertiary/aromatic N) is 2. The maximum Gasteiger partial charge on any atom is 0.0131 e. The van der Waals surface area contributed by atoms with Gasteiger partial charge in [-0.25, -0.2) is 0 Å². The molecule has 1 saturated carbocycles. The van der Waals surface area contributed by atoms with E-state index in [4.69, 9.17) is 5.73 Å². The highest BCUT2D eigenvalue weighted by molar-refractivity contribution is 4.92. The molecule has 1 aliphatic carbocycles. The summed E-state index contributed by atoms with van der Waals surface area (Å²) < 4.78 is 0. The van der Waals surface area contributed by atoms with Crippen molar-refractivity contribution in [3.63, 3.8) is 0 Å². The van der Waals surface area contributed by atoms with Crippen LogP contribution < -0.4 is 5.73 Å². The molecule has 0 spiro atoms. The Kier molecular flexibility index (Phi) is 5.49. The average molecular weight is 281 g/mol. The van der Waals surface area contributed by atoms with E-state index < -0.39 is 0 Å². The zero-order valence-corrected chi connectivity index (χ0v) is 14.1. The lowest BCUT2D eigenvalue weighted by atomic mass is 9.68. The lowest BCUT2D eigenvalue weighted by molar-refractivity contribution is 0.0689. The van der Waals surface area contributed by atoms with Gasteiger partial charge in [0, 0.05) is 45.3 Å². The maximum atomic E-state index is 6.53. The highest BCUT2D eigenvalue weighted by Crippen LogP contribution is 2.38. The van der Waals surface area contributed by atoms with Gasteiger partial charge < -0.3 is 15.5 Å². The normalized spacial score (nSPS) is 32.7. The van der Waals surface area contributed by atoms with E-state index in [9.17, 15) is 0 Å². The fourth-order valence-electron chi connectivity index (χ4n) is 4.01. The van der Waals surface area contributed by atoms with Gasteiger partial charge in [-0.1, -0.05) is 34.1 Å². The molecule has 3 nitrogen and oxygen atoms in total. The van der Waals surface area contributed by atoms with Crippen LogP contribution >= 0.6 is 0 Å². The molecule has 0 aromatic rings. The van der Waals surface area contributed by atoms with Crippen molar-refractivity contribution in [1.29, 1.82) is 0 Å². The van der Waals surface area contributed by atoms with Gasteiger partial charge in [-0.2, -0.15) is 0 Å². The lowest BCUT2D eigenvalue weighted by Crippen LogP contribution is -2.53. The third-order valence-corrected chi connectivity index (χ3v) is 5.39. The van der Waals surface area contributed by atoms with E-state index in [-0.39, 0.29) is 0 Å². The molecule has 0 bridgehead atoms. The molecule has 0 amide bonds. The van der Waals surface area contributed by atoms with E-state index in [0.717, 1.165) is 5.92 Å². The zero-order valence-electron chi connectivity index (χ0n) is 14.1. The third-order valence-electron chi connectivity index (χ3n) is 5.39. The van der Waals surface area contributed by atoms with Crippen molar-refractivity contribution in [3.8, 4) is 0 Å². The van der Waals surface area contributed by atoms with E-state index in [1.807, 2.05) is 0 Å². The Balaban J connectivity index is 1.78. The Morgan fingerprint density at radius 2 is 1.70 bits per heavy atom. The fraction of sp³-hybridized carbons (Fsp3) is 1.00. The smallest absolute Gasteiger partial charge is 0.0131 e. The Labute approximate surface area is 125 Å². The van der Waals surface area contributed by atoms with Crippen LogP contribution in [0.1, 0.15) is 47.0 Å². The van der Waals surface area contributed by atoms with Crippen molar-refractivity contribution >= 4 is 0 Å². The molecule has 20 heavy (non-hydrogen) atoms. The number of hydrogen-bond donors (Lipinski definition) is 1. The summed E-state index contributed by atoms with van der Waals surface area (Å²) in [6, 6.07) is 0.380. The minimum absolute atomic E-state index is 0.336. The van der Waals surface area contributed by atoms with Gasteiger partial charge in [-0.3, -0.25) is 0 Å². The van der Waals surface area contributed by atoms with Crippen LogP contribution in [0.2, 0.25) is 0 Å². The second-order valence-electron chi connectivity index (χ2n) is 8.16. The van der Waals surface area contributed by atoms with Crippen LogP contribution in [0.4, 0.5) is 0 Å². The molecule has 2 aliphatic rings. The molecular weight excluding hydrogens is 246 g/mol. The Morgan fingerprint density at radius 3 is 2.30 bits per heavy atom. The first-order valence-corrected chi connectivity index (χ1v) is 8.59. The Morgan fingerprint density at radius 1 is 1.10 bits per heavy atom. The first-order valence-electron chi connectivity index (χ1n) is 8.59. The van der Waals surface area contributed by atoms with Crippen molar-refractivity contribution in [1.82, 2.24) is 9.80 Å². The first-order chi connectivity index (χ1) is 9.38. The topological polar surface area (TPSA) is 32.5 Å². The molecular formula is C17H35N3. The van der Waals surface area contributed by atoms with Gasteiger partial charge in [-0.05, 0) is 30.1 Å². The molecule has 1 heterocycles. The monoisotopic (exact) mass is 281 g/mol. The van der Waals surface area contributed by atoms with E-state index in [0.29, 0.717) is 17.4 Å². The first kappa shape index (κ1) is 16.3. The van der Waals surface area contributed by atoms with Crippen LogP contribution in [-0.2, 0) is 0 Å². The quantitative estimate of drug-likeness (QED) is 0.859. The molecule has 3 heteroatoms. The van der Waals surface area contributed by atoms with Gasteiger partial charge >= 0.3 is 0 Å². The summed E-state index contributed by atoms with van der Waals surface area (Å²) in [7, 11) is 0. The van der Waals surface area contributed by atoms with Crippen LogP contribution in [0.15, 0.2) is 0 Å². The number of rotatable bonds is 4. The minimum atomic E-state index is 0.336. The van der Waals surface area contributed by atoms with Gasteiger partial charge in [0.25, 0.3) is 0 Å². The molecule has 2 unspecified atom stereocenters. The summed E-state index contributed by atoms with van der Waals surface area (Å²) >= 11 is 0. The molecule has 1 aliphatic heterocycles. The lowest BCUT2D eigenvalue weighted by Gasteiger charge is -2.45. The number of hydrogen-bond acceptors (Lipinski definition) is 3. The van der Waals surface area contributed by atoms with Gasteiger partial charge in [-0.15, -0.1) is 0 Å². The molecule has 2 fully saturated rings.